The predicted molar refractivity (Wildman–Crippen MR) is 112 cm³/mol. The van der Waals surface area contributed by atoms with Gasteiger partial charge < -0.3 is 14.4 Å². The number of hydrogen-bond acceptors (Lipinski definition) is 8. The summed E-state index contributed by atoms with van der Waals surface area (Å²) >= 11 is 5.97. The van der Waals surface area contributed by atoms with Crippen LogP contribution in [0.1, 0.15) is 22.1 Å². The van der Waals surface area contributed by atoms with Gasteiger partial charge in [-0.25, -0.2) is 4.98 Å². The number of carbonyl (C=O) groups excluding carboxylic acids is 1. The highest BCUT2D eigenvalue weighted by Crippen LogP contribution is 2.27. The van der Waals surface area contributed by atoms with Crippen molar-refractivity contribution in [1.82, 2.24) is 19.7 Å². The van der Waals surface area contributed by atoms with Gasteiger partial charge in [0.15, 0.2) is 5.82 Å². The van der Waals surface area contributed by atoms with E-state index in [2.05, 4.69) is 20.4 Å². The van der Waals surface area contributed by atoms with Gasteiger partial charge in [0, 0.05) is 41.7 Å². The molecule has 0 radical (unpaired) electrons. The number of halogens is 1. The van der Waals surface area contributed by atoms with Crippen molar-refractivity contribution in [3.63, 3.8) is 0 Å². The fourth-order valence-electron chi connectivity index (χ4n) is 2.93. The van der Waals surface area contributed by atoms with E-state index in [4.69, 9.17) is 16.1 Å². The van der Waals surface area contributed by atoms with E-state index in [1.165, 1.54) is 24.4 Å². The molecule has 0 amide bonds. The molecule has 4 aromatic rings. The van der Waals surface area contributed by atoms with Gasteiger partial charge in [-0.15, -0.1) is 0 Å². The summed E-state index contributed by atoms with van der Waals surface area (Å²) < 4.78 is 6.75. The number of hydrogen-bond donors (Lipinski definition) is 1. The van der Waals surface area contributed by atoms with E-state index in [1.807, 2.05) is 0 Å². The average Bonchev–Trinajstić information content (AvgIpc) is 3.40. The highest BCUT2D eigenvalue weighted by atomic mass is 35.5. The monoisotopic (exact) mass is 438 g/mol. The van der Waals surface area contributed by atoms with Gasteiger partial charge in [-0.2, -0.15) is 4.98 Å². The third kappa shape index (κ3) is 4.28. The molecule has 0 fully saturated rings. The molecular formula is C20H15ClN6O4. The molecule has 2 aromatic carbocycles. The van der Waals surface area contributed by atoms with E-state index in [0.717, 1.165) is 0 Å². The quantitative estimate of drug-likeness (QED) is 0.261. The zero-order valence-corrected chi connectivity index (χ0v) is 16.9. The van der Waals surface area contributed by atoms with Crippen LogP contribution in [0.5, 0.6) is 0 Å². The zero-order valence-electron chi connectivity index (χ0n) is 16.2. The van der Waals surface area contributed by atoms with Crippen LogP contribution in [0.4, 0.5) is 11.4 Å². The van der Waals surface area contributed by atoms with Crippen LogP contribution in [0.25, 0.3) is 11.4 Å². The minimum absolute atomic E-state index is 0.0566. The normalized spacial score (nSPS) is 10.8. The Morgan fingerprint density at radius 1 is 1.29 bits per heavy atom. The molecule has 156 valence electrons. The van der Waals surface area contributed by atoms with Crippen LogP contribution in [0.2, 0.25) is 5.02 Å². The number of benzene rings is 2. The Hall–Kier alpha value is -4.05. The molecule has 0 aliphatic rings. The average molecular weight is 439 g/mol. The van der Waals surface area contributed by atoms with Crippen LogP contribution in [0.3, 0.4) is 0 Å². The molecule has 31 heavy (non-hydrogen) atoms. The zero-order chi connectivity index (χ0) is 22.0. The maximum atomic E-state index is 12.6. The summed E-state index contributed by atoms with van der Waals surface area (Å²) in [7, 11) is 1.67. The number of nitro groups is 1. The lowest BCUT2D eigenvalue weighted by Gasteiger charge is -2.07. The van der Waals surface area contributed by atoms with Crippen molar-refractivity contribution < 1.29 is 14.2 Å². The maximum Gasteiger partial charge on any atom is 0.293 e. The second-order valence-corrected chi connectivity index (χ2v) is 6.99. The van der Waals surface area contributed by atoms with Gasteiger partial charge in [-0.05, 0) is 24.3 Å². The molecular weight excluding hydrogens is 424 g/mol. The number of nitrogens with one attached hydrogen (secondary N) is 1. The summed E-state index contributed by atoms with van der Waals surface area (Å²) in [6, 6.07) is 11.2. The highest BCUT2D eigenvalue weighted by Gasteiger charge is 2.21. The Kier molecular flexibility index (Phi) is 5.46. The lowest BCUT2D eigenvalue weighted by Crippen LogP contribution is -2.10. The number of rotatable bonds is 7. The summed E-state index contributed by atoms with van der Waals surface area (Å²) in [5.41, 5.74) is 0.803. The minimum Gasteiger partial charge on any atom is -0.371 e. The van der Waals surface area contributed by atoms with E-state index in [-0.39, 0.29) is 35.2 Å². The van der Waals surface area contributed by atoms with Crippen LogP contribution in [-0.4, -0.2) is 30.4 Å². The lowest BCUT2D eigenvalue weighted by atomic mass is 10.1. The van der Waals surface area contributed by atoms with Gasteiger partial charge in [0.2, 0.25) is 17.5 Å². The van der Waals surface area contributed by atoms with Gasteiger partial charge >= 0.3 is 0 Å². The van der Waals surface area contributed by atoms with E-state index >= 15 is 0 Å². The fourth-order valence-corrected chi connectivity index (χ4v) is 3.12. The number of nitro benzene ring substituents is 1. The molecule has 1 N–H and O–H groups in total. The van der Waals surface area contributed by atoms with Gasteiger partial charge in [0.25, 0.3) is 5.69 Å². The van der Waals surface area contributed by atoms with Crippen LogP contribution in [-0.2, 0) is 13.6 Å². The number of carbonyl (C=O) groups is 1. The Morgan fingerprint density at radius 3 is 2.84 bits per heavy atom. The van der Waals surface area contributed by atoms with Crippen molar-refractivity contribution >= 4 is 28.8 Å². The van der Waals surface area contributed by atoms with Gasteiger partial charge in [-0.3, -0.25) is 14.9 Å². The smallest absolute Gasteiger partial charge is 0.293 e. The Balaban J connectivity index is 1.53. The van der Waals surface area contributed by atoms with E-state index in [0.29, 0.717) is 16.4 Å². The van der Waals surface area contributed by atoms with Crippen molar-refractivity contribution in [2.24, 2.45) is 7.05 Å². The number of imidazole rings is 1. The first-order valence-electron chi connectivity index (χ1n) is 9.05. The van der Waals surface area contributed by atoms with Gasteiger partial charge in [-0.1, -0.05) is 28.9 Å². The van der Waals surface area contributed by atoms with Gasteiger partial charge in [0.05, 0.1) is 11.5 Å². The summed E-state index contributed by atoms with van der Waals surface area (Å²) in [5, 5.41) is 18.9. The van der Waals surface area contributed by atoms with Crippen molar-refractivity contribution in [2.75, 3.05) is 5.32 Å². The molecule has 4 rings (SSSR count). The molecule has 0 unspecified atom stereocenters. The summed E-state index contributed by atoms with van der Waals surface area (Å²) in [6.45, 7) is 0.0566. The SMILES string of the molecule is Cn1ccnc1C(=O)c1ccc(NCc2nc(-c3cccc(Cl)c3)no2)c([N+](=O)[O-])c1. The second kappa shape index (κ2) is 8.36. The van der Waals surface area contributed by atoms with E-state index < -0.39 is 10.7 Å². The largest absolute Gasteiger partial charge is 0.371 e. The van der Waals surface area contributed by atoms with Crippen molar-refractivity contribution in [1.29, 1.82) is 0 Å². The van der Waals surface area contributed by atoms with Crippen LogP contribution in [0, 0.1) is 10.1 Å². The highest BCUT2D eigenvalue weighted by molar-refractivity contribution is 6.30. The number of anilines is 1. The van der Waals surface area contributed by atoms with E-state index in [1.54, 1.807) is 42.1 Å². The first kappa shape index (κ1) is 20.2. The molecule has 0 atom stereocenters. The minimum atomic E-state index is -0.567. The first-order chi connectivity index (χ1) is 14.9. The standard InChI is InChI=1S/C20H15ClN6O4/c1-26-8-7-22-20(26)18(28)12-5-6-15(16(10-12)27(29)30)23-11-17-24-19(25-31-17)13-3-2-4-14(21)9-13/h2-10,23H,11H2,1H3. The third-order valence-corrected chi connectivity index (χ3v) is 4.70. The lowest BCUT2D eigenvalue weighted by molar-refractivity contribution is -0.384. The molecule has 0 aliphatic heterocycles. The van der Waals surface area contributed by atoms with Crippen LogP contribution in [0.15, 0.2) is 59.4 Å². The van der Waals surface area contributed by atoms with Crippen LogP contribution < -0.4 is 5.32 Å². The Bertz CT molecular complexity index is 1280. The van der Waals surface area contributed by atoms with Gasteiger partial charge in [0.1, 0.15) is 5.69 Å². The molecule has 0 saturated heterocycles. The molecule has 2 heterocycles. The number of ketones is 1. The molecule has 0 saturated carbocycles. The Morgan fingerprint density at radius 2 is 2.13 bits per heavy atom. The van der Waals surface area contributed by atoms with E-state index in [9.17, 15) is 14.9 Å². The van der Waals surface area contributed by atoms with Crippen molar-refractivity contribution in [2.45, 2.75) is 6.54 Å². The molecule has 0 spiro atoms. The summed E-state index contributed by atoms with van der Waals surface area (Å²) in [5.74, 6) is 0.363. The maximum absolute atomic E-state index is 12.6. The molecule has 0 bridgehead atoms. The van der Waals surface area contributed by atoms with Crippen molar-refractivity contribution in [3.8, 4) is 11.4 Å². The Labute approximate surface area is 180 Å². The van der Waals surface area contributed by atoms with Crippen molar-refractivity contribution in [3.05, 3.63) is 87.3 Å². The fraction of sp³-hybridized carbons (Fsp3) is 0.100. The third-order valence-electron chi connectivity index (χ3n) is 4.46. The molecule has 0 aliphatic carbocycles. The molecule has 11 heteroatoms. The summed E-state index contributed by atoms with van der Waals surface area (Å²) in [4.78, 5) is 31.8. The topological polar surface area (TPSA) is 129 Å². The molecule has 2 aromatic heterocycles. The first-order valence-corrected chi connectivity index (χ1v) is 9.43. The van der Waals surface area contributed by atoms with Crippen LogP contribution >= 0.6 is 11.6 Å². The second-order valence-electron chi connectivity index (χ2n) is 6.56. The molecule has 10 nitrogen and oxygen atoms in total. The number of nitrogens with zero attached hydrogens (tertiary/aromatic N) is 5. The summed E-state index contributed by atoms with van der Waals surface area (Å²) in [6.07, 6.45) is 3.11. The number of aromatic nitrogens is 4. The number of aryl methyl sites for hydroxylation is 1. The predicted octanol–water partition coefficient (Wildman–Crippen LogP) is 3.87.